The maximum Gasteiger partial charge on any atom is 0.255 e. The molecule has 0 aromatic heterocycles. The number of β-amino-alcohol motifs (C(OH)–C–C–N with tert-alkyl or cyclic N) is 2. The van der Waals surface area contributed by atoms with Gasteiger partial charge in [0.15, 0.2) is 0 Å². The molecule has 2 rings (SSSR count). The normalized spacial score (nSPS) is 23.5. The number of hydrogen-bond acceptors (Lipinski definition) is 3. The number of rotatable bonds is 1. The van der Waals surface area contributed by atoms with Crippen molar-refractivity contribution < 1.29 is 15.0 Å². The minimum absolute atomic E-state index is 0.111. The van der Waals surface area contributed by atoms with Crippen molar-refractivity contribution in [2.24, 2.45) is 0 Å². The number of hydrogen-bond donors (Lipinski definition) is 2. The second kappa shape index (κ2) is 5.50. The van der Waals surface area contributed by atoms with Crippen molar-refractivity contribution in [3.63, 3.8) is 0 Å². The van der Waals surface area contributed by atoms with Gasteiger partial charge in [0.05, 0.1) is 22.8 Å². The number of carbonyl (C=O) groups excluding carboxylic acids is 1. The van der Waals surface area contributed by atoms with Gasteiger partial charge in [-0.05, 0) is 34.7 Å². The number of likely N-dealkylation sites (tertiary alicyclic amines) is 1. The second-order valence-corrected chi connectivity index (χ2v) is 6.02. The molecule has 2 N–H and O–H groups in total. The van der Waals surface area contributed by atoms with Gasteiger partial charge < -0.3 is 15.1 Å². The summed E-state index contributed by atoms with van der Waals surface area (Å²) in [5.74, 6) is -0.292. The molecule has 2 atom stereocenters. The van der Waals surface area contributed by atoms with Crippen LogP contribution in [0.15, 0.2) is 12.1 Å². The topological polar surface area (TPSA) is 60.8 Å². The molecule has 0 saturated carbocycles. The summed E-state index contributed by atoms with van der Waals surface area (Å²) in [7, 11) is 0. The Morgan fingerprint density at radius 3 is 2.39 bits per heavy atom. The van der Waals surface area contributed by atoms with E-state index in [1.54, 1.807) is 6.07 Å². The number of aliphatic hydroxyl groups is 2. The number of carbonyl (C=O) groups is 1. The van der Waals surface area contributed by atoms with Crippen LogP contribution in [0.25, 0.3) is 0 Å². The van der Waals surface area contributed by atoms with Crippen molar-refractivity contribution in [1.82, 2.24) is 4.90 Å². The van der Waals surface area contributed by atoms with Gasteiger partial charge in [0, 0.05) is 21.7 Å². The summed E-state index contributed by atoms with van der Waals surface area (Å²) in [6.45, 7) is 0.223. The third kappa shape index (κ3) is 2.75. The number of amides is 1. The summed E-state index contributed by atoms with van der Waals surface area (Å²) in [6, 6.07) is 3.10. The van der Waals surface area contributed by atoms with Gasteiger partial charge in [0.1, 0.15) is 0 Å². The third-order valence-corrected chi connectivity index (χ3v) is 4.77. The fourth-order valence-corrected chi connectivity index (χ4v) is 2.85. The molecule has 1 saturated heterocycles. The molecule has 7 heteroatoms. The van der Waals surface area contributed by atoms with Crippen molar-refractivity contribution >= 4 is 51.7 Å². The van der Waals surface area contributed by atoms with Crippen LogP contribution >= 0.6 is 45.8 Å². The van der Waals surface area contributed by atoms with E-state index in [1.165, 1.54) is 11.0 Å². The molecule has 1 aliphatic heterocycles. The summed E-state index contributed by atoms with van der Waals surface area (Å²) in [5.41, 5.74) is 0.384. The SMILES string of the molecule is O=C(c1cc(Cl)cc(Cl)c1I)N1CC(O)C(O)C1. The van der Waals surface area contributed by atoms with Crippen molar-refractivity contribution in [2.45, 2.75) is 12.2 Å². The number of benzene rings is 1. The highest BCUT2D eigenvalue weighted by Gasteiger charge is 2.33. The quantitative estimate of drug-likeness (QED) is 0.557. The Morgan fingerprint density at radius 1 is 1.28 bits per heavy atom. The zero-order valence-corrected chi connectivity index (χ0v) is 12.8. The Kier molecular flexibility index (Phi) is 4.38. The molecule has 1 amide bonds. The van der Waals surface area contributed by atoms with Crippen LogP contribution < -0.4 is 0 Å². The molecule has 0 spiro atoms. The van der Waals surface area contributed by atoms with Gasteiger partial charge in [-0.15, -0.1) is 0 Å². The van der Waals surface area contributed by atoms with Crippen molar-refractivity contribution in [3.8, 4) is 0 Å². The summed E-state index contributed by atoms with van der Waals surface area (Å²) in [6.07, 6.45) is -1.80. The lowest BCUT2D eigenvalue weighted by atomic mass is 10.2. The first kappa shape index (κ1) is 14.3. The fourth-order valence-electron chi connectivity index (χ4n) is 1.82. The van der Waals surface area contributed by atoms with Crippen LogP contribution in [-0.4, -0.2) is 46.3 Å². The molecule has 1 aromatic rings. The second-order valence-electron chi connectivity index (χ2n) is 4.09. The minimum atomic E-state index is -0.902. The highest BCUT2D eigenvalue weighted by atomic mass is 127. The fraction of sp³-hybridized carbons (Fsp3) is 0.364. The highest BCUT2D eigenvalue weighted by molar-refractivity contribution is 14.1. The molecular formula is C11H10Cl2INO3. The van der Waals surface area contributed by atoms with E-state index in [4.69, 9.17) is 23.2 Å². The standard InChI is InChI=1S/C11H10Cl2INO3/c12-5-1-6(10(14)7(13)2-5)11(18)15-3-8(16)9(17)4-15/h1-2,8-9,16-17H,3-4H2. The first-order valence-electron chi connectivity index (χ1n) is 5.20. The monoisotopic (exact) mass is 401 g/mol. The van der Waals surface area contributed by atoms with Crippen LogP contribution in [0.1, 0.15) is 10.4 Å². The lowest BCUT2D eigenvalue weighted by molar-refractivity contribution is 0.0572. The van der Waals surface area contributed by atoms with E-state index < -0.39 is 12.2 Å². The van der Waals surface area contributed by atoms with E-state index in [2.05, 4.69) is 0 Å². The molecule has 1 aliphatic rings. The van der Waals surface area contributed by atoms with E-state index in [1.807, 2.05) is 22.6 Å². The molecule has 0 aliphatic carbocycles. The van der Waals surface area contributed by atoms with E-state index >= 15 is 0 Å². The van der Waals surface area contributed by atoms with Crippen molar-refractivity contribution in [1.29, 1.82) is 0 Å². The molecule has 1 heterocycles. The van der Waals surface area contributed by atoms with E-state index in [9.17, 15) is 15.0 Å². The Hall–Kier alpha value is -0.0800. The average Bonchev–Trinajstić information content (AvgIpc) is 2.63. The van der Waals surface area contributed by atoms with Crippen molar-refractivity contribution in [2.75, 3.05) is 13.1 Å². The summed E-state index contributed by atoms with van der Waals surface area (Å²) in [5, 5.41) is 19.7. The molecule has 1 fully saturated rings. The van der Waals surface area contributed by atoms with Gasteiger partial charge in [-0.3, -0.25) is 4.79 Å². The summed E-state index contributed by atoms with van der Waals surface area (Å²) < 4.78 is 0.611. The van der Waals surface area contributed by atoms with E-state index in [0.717, 1.165) is 0 Å². The van der Waals surface area contributed by atoms with Gasteiger partial charge in [-0.1, -0.05) is 23.2 Å². The maximum atomic E-state index is 12.2. The highest BCUT2D eigenvalue weighted by Crippen LogP contribution is 2.28. The predicted molar refractivity (Wildman–Crippen MR) is 77.1 cm³/mol. The molecule has 1 aromatic carbocycles. The largest absolute Gasteiger partial charge is 0.388 e. The van der Waals surface area contributed by atoms with Crippen LogP contribution in [-0.2, 0) is 0 Å². The lowest BCUT2D eigenvalue weighted by Gasteiger charge is -2.17. The van der Waals surface area contributed by atoms with Gasteiger partial charge >= 0.3 is 0 Å². The first-order chi connectivity index (χ1) is 8.40. The minimum Gasteiger partial charge on any atom is -0.388 e. The number of aliphatic hydroxyl groups excluding tert-OH is 2. The van der Waals surface area contributed by atoms with Crippen molar-refractivity contribution in [3.05, 3.63) is 31.3 Å². The molecular weight excluding hydrogens is 392 g/mol. The molecule has 4 nitrogen and oxygen atoms in total. The van der Waals surface area contributed by atoms with Crippen LogP contribution in [0.2, 0.25) is 10.0 Å². The summed E-state index contributed by atoms with van der Waals surface area (Å²) in [4.78, 5) is 13.6. The van der Waals surface area contributed by atoms with Gasteiger partial charge in [-0.25, -0.2) is 0 Å². The smallest absolute Gasteiger partial charge is 0.255 e. The van der Waals surface area contributed by atoms with Gasteiger partial charge in [0.2, 0.25) is 0 Å². The van der Waals surface area contributed by atoms with Gasteiger partial charge in [-0.2, -0.15) is 0 Å². The van der Waals surface area contributed by atoms with E-state index in [0.29, 0.717) is 19.2 Å². The Morgan fingerprint density at radius 2 is 1.83 bits per heavy atom. The zero-order chi connectivity index (χ0) is 13.4. The molecule has 0 radical (unpaired) electrons. The lowest BCUT2D eigenvalue weighted by Crippen LogP contribution is -2.30. The first-order valence-corrected chi connectivity index (χ1v) is 7.03. The molecule has 0 bridgehead atoms. The van der Waals surface area contributed by atoms with Crippen LogP contribution in [0.3, 0.4) is 0 Å². The zero-order valence-electron chi connectivity index (χ0n) is 9.11. The number of nitrogens with zero attached hydrogens (tertiary/aromatic N) is 1. The average molecular weight is 402 g/mol. The maximum absolute atomic E-state index is 12.2. The number of halogens is 3. The molecule has 98 valence electrons. The van der Waals surface area contributed by atoms with Crippen LogP contribution in [0, 0.1) is 3.57 Å². The van der Waals surface area contributed by atoms with Crippen LogP contribution in [0.4, 0.5) is 0 Å². The Bertz CT molecular complexity index is 487. The van der Waals surface area contributed by atoms with E-state index in [-0.39, 0.29) is 19.0 Å². The van der Waals surface area contributed by atoms with Gasteiger partial charge in [0.25, 0.3) is 5.91 Å². The Labute approximate surface area is 128 Å². The molecule has 18 heavy (non-hydrogen) atoms. The summed E-state index contributed by atoms with van der Waals surface area (Å²) >= 11 is 13.8. The molecule has 2 unspecified atom stereocenters. The third-order valence-electron chi connectivity index (χ3n) is 2.77. The van der Waals surface area contributed by atoms with Crippen LogP contribution in [0.5, 0.6) is 0 Å². The predicted octanol–water partition coefficient (Wildman–Crippen LogP) is 1.78. The Balaban J connectivity index is 2.30.